The Kier molecular flexibility index (Phi) is 13.3. The van der Waals surface area contributed by atoms with Crippen molar-refractivity contribution >= 4 is 34.4 Å². The average molecular weight is 493 g/mol. The number of aryl methyl sites for hydroxylation is 3. The van der Waals surface area contributed by atoms with Crippen LogP contribution >= 0.6 is 11.6 Å². The summed E-state index contributed by atoms with van der Waals surface area (Å²) in [6.45, 7) is 8.57. The molecule has 0 aliphatic heterocycles. The lowest BCUT2D eigenvalue weighted by Crippen LogP contribution is -1.95. The highest BCUT2D eigenvalue weighted by molar-refractivity contribution is 6.30. The average Bonchev–Trinajstić information content (AvgIpc) is 2.82. The van der Waals surface area contributed by atoms with E-state index in [2.05, 4.69) is 6.07 Å². The van der Waals surface area contributed by atoms with E-state index in [0.717, 1.165) is 28.2 Å². The summed E-state index contributed by atoms with van der Waals surface area (Å²) in [5.41, 5.74) is 28.8. The number of rotatable bonds is 2. The quantitative estimate of drug-likeness (QED) is 0.224. The topological polar surface area (TPSA) is 113 Å². The summed E-state index contributed by atoms with van der Waals surface area (Å²) in [4.78, 5) is 0. The van der Waals surface area contributed by atoms with E-state index >= 15 is 0 Å². The lowest BCUT2D eigenvalue weighted by molar-refractivity contribution is 0.342. The summed E-state index contributed by atoms with van der Waals surface area (Å²) >= 11 is 5.68. The molecule has 0 fully saturated rings. The molecule has 0 heterocycles. The molecule has 0 amide bonds. The first-order valence-electron chi connectivity index (χ1n) is 11.3. The molecule has 0 aliphatic rings. The molecule has 0 unspecified atom stereocenters. The van der Waals surface area contributed by atoms with Crippen LogP contribution in [0.3, 0.4) is 0 Å². The lowest BCUT2D eigenvalue weighted by atomic mass is 10.1. The van der Waals surface area contributed by atoms with Gasteiger partial charge in [0.25, 0.3) is 0 Å². The smallest absolute Gasteiger partial charge is 0.142 e. The molecule has 0 aliphatic carbocycles. The van der Waals surface area contributed by atoms with Crippen LogP contribution in [-0.4, -0.2) is 6.61 Å². The molecule has 186 valence electrons. The minimum Gasteiger partial charge on any atom is -0.492 e. The zero-order valence-corrected chi connectivity index (χ0v) is 21.7. The highest BCUT2D eigenvalue weighted by Crippen LogP contribution is 2.24. The van der Waals surface area contributed by atoms with Gasteiger partial charge >= 0.3 is 0 Å². The number of nitrogen functional groups attached to an aromatic ring is 4. The molecule has 6 heteroatoms. The largest absolute Gasteiger partial charge is 0.492 e. The third-order valence-corrected chi connectivity index (χ3v) is 4.93. The fourth-order valence-corrected chi connectivity index (χ4v) is 2.79. The van der Waals surface area contributed by atoms with Gasteiger partial charge in [0.15, 0.2) is 0 Å². The van der Waals surface area contributed by atoms with Crippen LogP contribution in [-0.2, 0) is 0 Å². The summed E-state index contributed by atoms with van der Waals surface area (Å²) in [5, 5.41) is 0.631. The molecule has 4 aromatic carbocycles. The first-order valence-corrected chi connectivity index (χ1v) is 11.6. The van der Waals surface area contributed by atoms with E-state index in [1.165, 1.54) is 5.56 Å². The lowest BCUT2D eigenvalue weighted by Gasteiger charge is -2.05. The molecule has 0 saturated heterocycles. The minimum atomic E-state index is 0.583. The number of benzene rings is 4. The Morgan fingerprint density at radius 3 is 1.66 bits per heavy atom. The van der Waals surface area contributed by atoms with Crippen molar-refractivity contribution in [1.29, 1.82) is 0 Å². The Balaban J connectivity index is 0.000000236. The van der Waals surface area contributed by atoms with Crippen molar-refractivity contribution in [2.75, 3.05) is 29.5 Å². The van der Waals surface area contributed by atoms with Crippen molar-refractivity contribution in [2.24, 2.45) is 0 Å². The molecule has 0 spiro atoms. The maximum Gasteiger partial charge on any atom is 0.142 e. The number of nitrogens with two attached hydrogens (primary N) is 4. The van der Waals surface area contributed by atoms with E-state index in [9.17, 15) is 0 Å². The van der Waals surface area contributed by atoms with Crippen LogP contribution in [0.15, 0.2) is 91.0 Å². The van der Waals surface area contributed by atoms with E-state index in [4.69, 9.17) is 39.3 Å². The van der Waals surface area contributed by atoms with Gasteiger partial charge in [-0.1, -0.05) is 60.1 Å². The molecule has 0 saturated carbocycles. The van der Waals surface area contributed by atoms with E-state index in [-0.39, 0.29) is 0 Å². The molecule has 0 aromatic heterocycles. The van der Waals surface area contributed by atoms with Crippen LogP contribution < -0.4 is 27.7 Å². The third-order valence-electron chi connectivity index (χ3n) is 4.69. The first kappa shape index (κ1) is 29.2. The summed E-state index contributed by atoms with van der Waals surface area (Å²) in [7, 11) is 0. The van der Waals surface area contributed by atoms with E-state index in [0.29, 0.717) is 23.1 Å². The molecule has 35 heavy (non-hydrogen) atoms. The van der Waals surface area contributed by atoms with Gasteiger partial charge in [0.2, 0.25) is 0 Å². The van der Waals surface area contributed by atoms with Crippen molar-refractivity contribution in [3.8, 4) is 5.75 Å². The molecular weight excluding hydrogens is 456 g/mol. The van der Waals surface area contributed by atoms with Crippen molar-refractivity contribution < 1.29 is 4.74 Å². The summed E-state index contributed by atoms with van der Waals surface area (Å²) in [6, 6.07) is 28.6. The van der Waals surface area contributed by atoms with Crippen molar-refractivity contribution in [2.45, 2.75) is 27.7 Å². The molecule has 8 N–H and O–H groups in total. The summed E-state index contributed by atoms with van der Waals surface area (Å²) in [5.74, 6) is 0.692. The SMILES string of the molecule is CCOc1ccc(Cl)cc1N.Cc1ccc(C)c(N)c1.Cc1ccccc1N.Nc1ccccc1. The van der Waals surface area contributed by atoms with Crippen LogP contribution in [0.4, 0.5) is 22.7 Å². The zero-order valence-electron chi connectivity index (χ0n) is 21.0. The summed E-state index contributed by atoms with van der Waals surface area (Å²) in [6.07, 6.45) is 0. The summed E-state index contributed by atoms with van der Waals surface area (Å²) < 4.78 is 5.21. The fraction of sp³-hybridized carbons (Fsp3) is 0.172. The van der Waals surface area contributed by atoms with Gasteiger partial charge in [-0.05, 0) is 86.8 Å². The van der Waals surface area contributed by atoms with Gasteiger partial charge in [-0.3, -0.25) is 0 Å². The Morgan fingerprint density at radius 2 is 1.23 bits per heavy atom. The maximum absolute atomic E-state index is 5.68. The molecule has 0 bridgehead atoms. The number of hydrogen-bond donors (Lipinski definition) is 4. The highest BCUT2D eigenvalue weighted by Gasteiger charge is 1.98. The first-order chi connectivity index (χ1) is 16.6. The van der Waals surface area contributed by atoms with E-state index < -0.39 is 0 Å². The van der Waals surface area contributed by atoms with Gasteiger partial charge in [0.05, 0.1) is 12.3 Å². The van der Waals surface area contributed by atoms with Crippen LogP contribution in [0.1, 0.15) is 23.6 Å². The second-order valence-electron chi connectivity index (χ2n) is 7.74. The van der Waals surface area contributed by atoms with Crippen LogP contribution in [0.25, 0.3) is 0 Å². The predicted octanol–water partition coefficient (Wildman–Crippen LogP) is 7.05. The van der Waals surface area contributed by atoms with Gasteiger partial charge in [-0.15, -0.1) is 0 Å². The molecule has 4 rings (SSSR count). The maximum atomic E-state index is 5.68. The Labute approximate surface area is 214 Å². The van der Waals surface area contributed by atoms with Gasteiger partial charge in [-0.2, -0.15) is 0 Å². The molecule has 0 radical (unpaired) electrons. The Morgan fingerprint density at radius 1 is 0.629 bits per heavy atom. The number of para-hydroxylation sites is 2. The number of ether oxygens (including phenoxy) is 1. The van der Waals surface area contributed by atoms with Gasteiger partial charge < -0.3 is 27.7 Å². The van der Waals surface area contributed by atoms with Crippen LogP contribution in [0, 0.1) is 20.8 Å². The van der Waals surface area contributed by atoms with Crippen molar-refractivity contribution in [1.82, 2.24) is 0 Å². The number of anilines is 4. The molecular formula is C29H37ClN4O. The van der Waals surface area contributed by atoms with E-state index in [1.807, 2.05) is 94.4 Å². The van der Waals surface area contributed by atoms with Crippen LogP contribution in [0.5, 0.6) is 5.75 Å². The van der Waals surface area contributed by atoms with E-state index in [1.54, 1.807) is 18.2 Å². The molecule has 0 atom stereocenters. The van der Waals surface area contributed by atoms with Crippen LogP contribution in [0.2, 0.25) is 5.02 Å². The second kappa shape index (κ2) is 15.9. The Hall–Kier alpha value is -3.83. The number of hydrogen-bond acceptors (Lipinski definition) is 5. The monoisotopic (exact) mass is 492 g/mol. The predicted molar refractivity (Wildman–Crippen MR) is 154 cm³/mol. The zero-order chi connectivity index (χ0) is 26.2. The van der Waals surface area contributed by atoms with Crippen molar-refractivity contribution in [3.63, 3.8) is 0 Å². The Bertz CT molecular complexity index is 1130. The fourth-order valence-electron chi connectivity index (χ4n) is 2.61. The normalized spacial score (nSPS) is 9.29. The van der Waals surface area contributed by atoms with Gasteiger partial charge in [-0.25, -0.2) is 0 Å². The number of halogens is 1. The van der Waals surface area contributed by atoms with Gasteiger partial charge in [0.1, 0.15) is 5.75 Å². The third kappa shape index (κ3) is 12.3. The second-order valence-corrected chi connectivity index (χ2v) is 8.18. The minimum absolute atomic E-state index is 0.583. The standard InChI is InChI=1S/C8H10ClNO.C8H11N.C7H9N.C6H7N/c1-2-11-8-4-3-6(9)5-7(8)10;1-6-3-4-7(2)8(9)5-6;1-6-4-2-3-5-7(6)8;7-6-4-2-1-3-5-6/h3-5H,2,10H2,1H3;3-5H,9H2,1-2H3;2-5H,8H2,1H3;1-5H,7H2. The molecule has 4 aromatic rings. The molecule has 5 nitrogen and oxygen atoms in total. The highest BCUT2D eigenvalue weighted by atomic mass is 35.5. The van der Waals surface area contributed by atoms with Gasteiger partial charge in [0, 0.05) is 22.1 Å². The van der Waals surface area contributed by atoms with Crippen molar-refractivity contribution in [3.05, 3.63) is 113 Å².